The fraction of sp³-hybridized carbons (Fsp3) is 0.269. The molecular formula is C26H29NO3Si. The number of cyclic esters (lactones) is 1. The molecule has 31 heavy (non-hydrogen) atoms. The topological polar surface area (TPSA) is 47.6 Å². The van der Waals surface area contributed by atoms with Gasteiger partial charge in [-0.2, -0.15) is 0 Å². The first-order valence-corrected chi connectivity index (χ1v) is 12.6. The van der Waals surface area contributed by atoms with Crippen LogP contribution < -0.4 is 15.7 Å². The summed E-state index contributed by atoms with van der Waals surface area (Å²) in [5, 5.41) is 5.28. The van der Waals surface area contributed by atoms with Crippen molar-refractivity contribution in [3.05, 3.63) is 96.6 Å². The summed E-state index contributed by atoms with van der Waals surface area (Å²) in [6, 6.07) is 30.6. The van der Waals surface area contributed by atoms with Crippen molar-refractivity contribution in [2.24, 2.45) is 0 Å². The van der Waals surface area contributed by atoms with E-state index in [1.807, 2.05) is 42.5 Å². The molecule has 1 heterocycles. The first kappa shape index (κ1) is 21.3. The highest BCUT2D eigenvalue weighted by atomic mass is 28.4. The van der Waals surface area contributed by atoms with E-state index in [0.29, 0.717) is 6.61 Å². The van der Waals surface area contributed by atoms with Gasteiger partial charge in [-0.3, -0.25) is 0 Å². The molecule has 2 atom stereocenters. The van der Waals surface area contributed by atoms with Gasteiger partial charge in [0.15, 0.2) is 6.10 Å². The van der Waals surface area contributed by atoms with Crippen molar-refractivity contribution in [1.29, 1.82) is 0 Å². The van der Waals surface area contributed by atoms with Gasteiger partial charge in [0.25, 0.3) is 8.32 Å². The van der Waals surface area contributed by atoms with Crippen LogP contribution in [0, 0.1) is 0 Å². The van der Waals surface area contributed by atoms with Crippen LogP contribution in [0.15, 0.2) is 91.0 Å². The number of carbonyl (C=O) groups is 1. The molecular weight excluding hydrogens is 402 g/mol. The van der Waals surface area contributed by atoms with Gasteiger partial charge in [0.2, 0.25) is 0 Å². The zero-order valence-corrected chi connectivity index (χ0v) is 19.2. The van der Waals surface area contributed by atoms with Gasteiger partial charge in [-0.1, -0.05) is 112 Å². The third-order valence-corrected chi connectivity index (χ3v) is 10.9. The Kier molecular flexibility index (Phi) is 5.98. The van der Waals surface area contributed by atoms with Crippen LogP contribution in [0.4, 0.5) is 4.79 Å². The van der Waals surface area contributed by atoms with Crippen LogP contribution >= 0.6 is 0 Å². The highest BCUT2D eigenvalue weighted by molar-refractivity contribution is 6.99. The van der Waals surface area contributed by atoms with Crippen LogP contribution in [0.1, 0.15) is 32.4 Å². The van der Waals surface area contributed by atoms with E-state index in [1.54, 1.807) is 0 Å². The third kappa shape index (κ3) is 4.16. The van der Waals surface area contributed by atoms with E-state index in [1.165, 1.54) is 10.4 Å². The molecule has 3 aromatic carbocycles. The SMILES string of the molecule is CC(C)(C)[Si](OC[C@@H]1NC(=O)O[C@H]1c1ccccc1)(c1ccccc1)c1ccccc1. The smallest absolute Gasteiger partial charge is 0.408 e. The molecule has 1 saturated heterocycles. The van der Waals surface area contributed by atoms with Gasteiger partial charge >= 0.3 is 6.09 Å². The maximum Gasteiger partial charge on any atom is 0.408 e. The lowest BCUT2D eigenvalue weighted by atomic mass is 10.0. The summed E-state index contributed by atoms with van der Waals surface area (Å²) in [5.74, 6) is 0. The lowest BCUT2D eigenvalue weighted by Crippen LogP contribution is -2.67. The van der Waals surface area contributed by atoms with Crippen molar-refractivity contribution in [1.82, 2.24) is 5.32 Å². The second-order valence-electron chi connectivity index (χ2n) is 8.96. The number of amides is 1. The van der Waals surface area contributed by atoms with Crippen LogP contribution in [0.3, 0.4) is 0 Å². The molecule has 1 aliphatic heterocycles. The van der Waals surface area contributed by atoms with Gasteiger partial charge in [-0.25, -0.2) is 4.79 Å². The van der Waals surface area contributed by atoms with Crippen LogP contribution in [0.2, 0.25) is 5.04 Å². The van der Waals surface area contributed by atoms with Crippen molar-refractivity contribution >= 4 is 24.8 Å². The molecule has 3 aromatic rings. The van der Waals surface area contributed by atoms with E-state index in [9.17, 15) is 4.79 Å². The quantitative estimate of drug-likeness (QED) is 0.588. The fourth-order valence-corrected chi connectivity index (χ4v) is 9.09. The number of nitrogens with one attached hydrogen (secondary N) is 1. The maximum atomic E-state index is 12.1. The summed E-state index contributed by atoms with van der Waals surface area (Å²) >= 11 is 0. The molecule has 0 aliphatic carbocycles. The van der Waals surface area contributed by atoms with Crippen molar-refractivity contribution in [2.45, 2.75) is 38.0 Å². The van der Waals surface area contributed by atoms with Gasteiger partial charge in [0.1, 0.15) is 0 Å². The van der Waals surface area contributed by atoms with Crippen LogP contribution in [-0.2, 0) is 9.16 Å². The zero-order chi connectivity index (χ0) is 21.9. The van der Waals surface area contributed by atoms with E-state index in [-0.39, 0.29) is 17.2 Å². The minimum atomic E-state index is -2.68. The summed E-state index contributed by atoms with van der Waals surface area (Å²) in [5.41, 5.74) is 0.969. The Morgan fingerprint density at radius 3 is 1.81 bits per heavy atom. The van der Waals surface area contributed by atoms with Crippen LogP contribution in [-0.4, -0.2) is 27.1 Å². The molecule has 1 fully saturated rings. The number of rotatable bonds is 6. The molecule has 0 spiro atoms. The van der Waals surface area contributed by atoms with E-state index in [2.05, 4.69) is 74.6 Å². The first-order chi connectivity index (χ1) is 14.9. The summed E-state index contributed by atoms with van der Waals surface area (Å²) < 4.78 is 12.6. The third-order valence-electron chi connectivity index (χ3n) is 5.93. The standard InChI is InChI=1S/C26H29NO3Si/c1-26(2,3)31(21-15-9-5-10-16-21,22-17-11-6-12-18-22)29-19-23-24(30-25(28)27-23)20-13-7-4-8-14-20/h4-18,23-24H,19H2,1-3H3,(H,27,28)/t23-,24-/m0/s1. The highest BCUT2D eigenvalue weighted by Gasteiger charge is 2.51. The zero-order valence-electron chi connectivity index (χ0n) is 18.2. The Bertz CT molecular complexity index is 964. The first-order valence-electron chi connectivity index (χ1n) is 10.7. The molecule has 1 aliphatic rings. The fourth-order valence-electron chi connectivity index (χ4n) is 4.51. The van der Waals surface area contributed by atoms with E-state index in [0.717, 1.165) is 5.56 Å². The molecule has 0 saturated carbocycles. The van der Waals surface area contributed by atoms with Gasteiger partial charge in [-0.05, 0) is 21.0 Å². The molecule has 0 bridgehead atoms. The number of ether oxygens (including phenoxy) is 1. The van der Waals surface area contributed by atoms with Gasteiger partial charge in [-0.15, -0.1) is 0 Å². The number of carbonyl (C=O) groups excluding carboxylic acids is 1. The predicted molar refractivity (Wildman–Crippen MR) is 126 cm³/mol. The van der Waals surface area contributed by atoms with Crippen molar-refractivity contribution in [3.8, 4) is 0 Å². The Morgan fingerprint density at radius 2 is 1.32 bits per heavy atom. The molecule has 0 unspecified atom stereocenters. The minimum Gasteiger partial charge on any atom is -0.439 e. The Balaban J connectivity index is 1.72. The second kappa shape index (κ2) is 8.69. The number of benzene rings is 3. The van der Waals surface area contributed by atoms with E-state index < -0.39 is 14.4 Å². The second-order valence-corrected chi connectivity index (χ2v) is 13.3. The van der Waals surface area contributed by atoms with Crippen molar-refractivity contribution < 1.29 is 14.0 Å². The molecule has 0 aromatic heterocycles. The highest BCUT2D eigenvalue weighted by Crippen LogP contribution is 2.37. The number of hydrogen-bond donors (Lipinski definition) is 1. The number of hydrogen-bond acceptors (Lipinski definition) is 3. The number of alkyl carbamates (subject to hydrolysis) is 1. The van der Waals surface area contributed by atoms with Gasteiger partial charge < -0.3 is 14.5 Å². The lowest BCUT2D eigenvalue weighted by molar-refractivity contribution is 0.121. The largest absolute Gasteiger partial charge is 0.439 e. The molecule has 4 rings (SSSR count). The van der Waals surface area contributed by atoms with E-state index >= 15 is 0 Å². The van der Waals surface area contributed by atoms with Crippen LogP contribution in [0.25, 0.3) is 0 Å². The minimum absolute atomic E-state index is 0.124. The summed E-state index contributed by atoms with van der Waals surface area (Å²) in [4.78, 5) is 12.1. The molecule has 1 N–H and O–H groups in total. The molecule has 160 valence electrons. The Hall–Kier alpha value is -2.89. The van der Waals surface area contributed by atoms with E-state index in [4.69, 9.17) is 9.16 Å². The summed E-state index contributed by atoms with van der Waals surface area (Å²) in [6.07, 6.45) is -0.767. The monoisotopic (exact) mass is 431 g/mol. The van der Waals surface area contributed by atoms with Crippen molar-refractivity contribution in [3.63, 3.8) is 0 Å². The van der Waals surface area contributed by atoms with Crippen LogP contribution in [0.5, 0.6) is 0 Å². The maximum absolute atomic E-state index is 12.1. The summed E-state index contributed by atoms with van der Waals surface area (Å²) in [7, 11) is -2.68. The average molecular weight is 432 g/mol. The summed E-state index contributed by atoms with van der Waals surface area (Å²) in [6.45, 7) is 7.12. The van der Waals surface area contributed by atoms with Gasteiger partial charge in [0, 0.05) is 0 Å². The van der Waals surface area contributed by atoms with Gasteiger partial charge in [0.05, 0.1) is 12.6 Å². The van der Waals surface area contributed by atoms with Crippen molar-refractivity contribution in [2.75, 3.05) is 6.61 Å². The molecule has 1 amide bonds. The predicted octanol–water partition coefficient (Wildman–Crippen LogP) is 4.41. The lowest BCUT2D eigenvalue weighted by Gasteiger charge is -2.43. The Labute approximate surface area is 185 Å². The molecule has 0 radical (unpaired) electrons. The average Bonchev–Trinajstić information content (AvgIpc) is 3.16. The molecule has 4 nitrogen and oxygen atoms in total. The Morgan fingerprint density at radius 1 is 0.839 bits per heavy atom. The molecule has 5 heteroatoms. The normalized spacial score (nSPS) is 19.0.